The Hall–Kier alpha value is -2.24. The lowest BCUT2D eigenvalue weighted by Crippen LogP contribution is -2.46. The average molecular weight is 292 g/mol. The molecule has 6 heteroatoms. The van der Waals surface area contributed by atoms with Crippen molar-refractivity contribution in [3.8, 4) is 5.75 Å². The van der Waals surface area contributed by atoms with E-state index in [4.69, 9.17) is 9.84 Å². The number of rotatable bonds is 6. The third-order valence-electron chi connectivity index (χ3n) is 3.30. The van der Waals surface area contributed by atoms with Crippen molar-refractivity contribution in [1.82, 2.24) is 10.2 Å². The molecule has 1 aliphatic rings. The van der Waals surface area contributed by atoms with E-state index in [2.05, 4.69) is 5.32 Å². The van der Waals surface area contributed by atoms with Crippen LogP contribution in [0, 0.1) is 0 Å². The van der Waals surface area contributed by atoms with Crippen molar-refractivity contribution in [3.05, 3.63) is 29.8 Å². The molecule has 0 aromatic heterocycles. The van der Waals surface area contributed by atoms with Crippen LogP contribution in [0.5, 0.6) is 5.75 Å². The van der Waals surface area contributed by atoms with Gasteiger partial charge in [-0.05, 0) is 18.1 Å². The second kappa shape index (κ2) is 6.97. The number of carboxylic acid groups (broad SMARTS) is 1. The minimum absolute atomic E-state index is 0.0975. The minimum Gasteiger partial charge on any atom is -0.488 e. The molecular formula is C15H20N2O4. The number of urea groups is 1. The number of nitrogens with zero attached hydrogens (tertiary/aromatic N) is 1. The van der Waals surface area contributed by atoms with Gasteiger partial charge in [0.1, 0.15) is 18.4 Å². The third kappa shape index (κ3) is 4.11. The van der Waals surface area contributed by atoms with Crippen LogP contribution in [0.25, 0.3) is 0 Å². The molecule has 114 valence electrons. The van der Waals surface area contributed by atoms with Crippen molar-refractivity contribution in [1.29, 1.82) is 0 Å². The van der Waals surface area contributed by atoms with Gasteiger partial charge >= 0.3 is 12.0 Å². The quantitative estimate of drug-likeness (QED) is 0.832. The van der Waals surface area contributed by atoms with Gasteiger partial charge in [-0.1, -0.05) is 25.1 Å². The van der Waals surface area contributed by atoms with Crippen LogP contribution in [-0.4, -0.2) is 47.7 Å². The first-order valence-corrected chi connectivity index (χ1v) is 7.09. The number of amides is 2. The molecule has 1 heterocycles. The van der Waals surface area contributed by atoms with Crippen LogP contribution in [0.2, 0.25) is 0 Å². The second-order valence-corrected chi connectivity index (χ2v) is 5.05. The van der Waals surface area contributed by atoms with Gasteiger partial charge in [0.2, 0.25) is 0 Å². The van der Waals surface area contributed by atoms with Crippen LogP contribution in [0.3, 0.4) is 0 Å². The van der Waals surface area contributed by atoms with Crippen LogP contribution < -0.4 is 10.1 Å². The molecule has 1 aliphatic heterocycles. The summed E-state index contributed by atoms with van der Waals surface area (Å²) in [5.41, 5.74) is 1.13. The lowest BCUT2D eigenvalue weighted by atomic mass is 10.1. The molecule has 1 aromatic carbocycles. The summed E-state index contributed by atoms with van der Waals surface area (Å²) >= 11 is 0. The Kier molecular flexibility index (Phi) is 5.03. The molecule has 0 saturated carbocycles. The van der Waals surface area contributed by atoms with Gasteiger partial charge in [0, 0.05) is 13.0 Å². The van der Waals surface area contributed by atoms with E-state index in [0.717, 1.165) is 17.7 Å². The highest BCUT2D eigenvalue weighted by molar-refractivity contribution is 5.80. The molecule has 0 radical (unpaired) electrons. The SMILES string of the molecule is CCCN(CC(=O)O)C(=O)NCC1Cc2ccccc2O1. The Labute approximate surface area is 123 Å². The van der Waals surface area contributed by atoms with Gasteiger partial charge < -0.3 is 20.1 Å². The number of aliphatic carboxylic acids is 1. The lowest BCUT2D eigenvalue weighted by Gasteiger charge is -2.21. The molecular weight excluding hydrogens is 272 g/mol. The van der Waals surface area contributed by atoms with Gasteiger partial charge in [-0.2, -0.15) is 0 Å². The largest absolute Gasteiger partial charge is 0.488 e. The summed E-state index contributed by atoms with van der Waals surface area (Å²) in [6.07, 6.45) is 1.37. The van der Waals surface area contributed by atoms with Crippen molar-refractivity contribution in [2.45, 2.75) is 25.9 Å². The van der Waals surface area contributed by atoms with Gasteiger partial charge in [-0.3, -0.25) is 4.79 Å². The summed E-state index contributed by atoms with van der Waals surface area (Å²) in [4.78, 5) is 24.0. The molecule has 6 nitrogen and oxygen atoms in total. The molecule has 1 aromatic rings. The van der Waals surface area contributed by atoms with Crippen LogP contribution in [0.4, 0.5) is 4.79 Å². The Bertz CT molecular complexity index is 493. The van der Waals surface area contributed by atoms with Crippen molar-refractivity contribution in [3.63, 3.8) is 0 Å². The zero-order valence-corrected chi connectivity index (χ0v) is 12.0. The Morgan fingerprint density at radius 1 is 1.43 bits per heavy atom. The molecule has 1 unspecified atom stereocenters. The number of nitrogens with one attached hydrogen (secondary N) is 1. The molecule has 2 rings (SSSR count). The predicted molar refractivity (Wildman–Crippen MR) is 77.5 cm³/mol. The second-order valence-electron chi connectivity index (χ2n) is 5.05. The standard InChI is InChI=1S/C15H20N2O4/c1-2-7-17(10-14(18)19)15(20)16-9-12-8-11-5-3-4-6-13(11)21-12/h3-6,12H,2,7-10H2,1H3,(H,16,20)(H,18,19). The maximum Gasteiger partial charge on any atom is 0.323 e. The monoisotopic (exact) mass is 292 g/mol. The Morgan fingerprint density at radius 2 is 2.19 bits per heavy atom. The number of fused-ring (bicyclic) bond motifs is 1. The lowest BCUT2D eigenvalue weighted by molar-refractivity contribution is -0.137. The van der Waals surface area contributed by atoms with Crippen molar-refractivity contribution in [2.75, 3.05) is 19.6 Å². The first-order valence-electron chi connectivity index (χ1n) is 7.09. The highest BCUT2D eigenvalue weighted by Crippen LogP contribution is 2.27. The topological polar surface area (TPSA) is 78.9 Å². The van der Waals surface area contributed by atoms with E-state index in [9.17, 15) is 9.59 Å². The number of ether oxygens (including phenoxy) is 1. The van der Waals surface area contributed by atoms with E-state index in [-0.39, 0.29) is 18.7 Å². The third-order valence-corrected chi connectivity index (χ3v) is 3.30. The fraction of sp³-hybridized carbons (Fsp3) is 0.467. The van der Waals surface area contributed by atoms with Crippen molar-refractivity contribution >= 4 is 12.0 Å². The Balaban J connectivity index is 1.82. The average Bonchev–Trinajstić information content (AvgIpc) is 2.86. The molecule has 0 spiro atoms. The van der Waals surface area contributed by atoms with E-state index < -0.39 is 5.97 Å². The van der Waals surface area contributed by atoms with E-state index in [0.29, 0.717) is 19.5 Å². The first kappa shape index (κ1) is 15.2. The minimum atomic E-state index is -1.01. The first-order chi connectivity index (χ1) is 10.1. The van der Waals surface area contributed by atoms with Gasteiger partial charge in [-0.15, -0.1) is 0 Å². The van der Waals surface area contributed by atoms with Crippen molar-refractivity contribution in [2.24, 2.45) is 0 Å². The van der Waals surface area contributed by atoms with E-state index in [1.165, 1.54) is 4.90 Å². The van der Waals surface area contributed by atoms with Gasteiger partial charge in [0.25, 0.3) is 0 Å². The highest BCUT2D eigenvalue weighted by atomic mass is 16.5. The summed E-state index contributed by atoms with van der Waals surface area (Å²) < 4.78 is 5.73. The molecule has 1 atom stereocenters. The maximum atomic E-state index is 12.0. The molecule has 0 bridgehead atoms. The number of hydrogen-bond donors (Lipinski definition) is 2. The van der Waals surface area contributed by atoms with Crippen LogP contribution in [-0.2, 0) is 11.2 Å². The number of para-hydroxylation sites is 1. The molecule has 0 saturated heterocycles. The van der Waals surface area contributed by atoms with E-state index in [1.807, 2.05) is 31.2 Å². The zero-order valence-electron chi connectivity index (χ0n) is 12.0. The molecule has 2 amide bonds. The number of carbonyl (C=O) groups is 2. The summed E-state index contributed by atoms with van der Waals surface area (Å²) in [6, 6.07) is 7.42. The fourth-order valence-electron chi connectivity index (χ4n) is 2.37. The summed E-state index contributed by atoms with van der Waals surface area (Å²) in [6.45, 7) is 2.40. The highest BCUT2D eigenvalue weighted by Gasteiger charge is 2.24. The van der Waals surface area contributed by atoms with Crippen LogP contribution in [0.15, 0.2) is 24.3 Å². The van der Waals surface area contributed by atoms with Crippen LogP contribution in [0.1, 0.15) is 18.9 Å². The van der Waals surface area contributed by atoms with Gasteiger partial charge in [0.05, 0.1) is 6.54 Å². The molecule has 21 heavy (non-hydrogen) atoms. The summed E-state index contributed by atoms with van der Waals surface area (Å²) in [5.74, 6) is -0.157. The molecule has 0 aliphatic carbocycles. The van der Waals surface area contributed by atoms with Crippen molar-refractivity contribution < 1.29 is 19.4 Å². The number of hydrogen-bond acceptors (Lipinski definition) is 3. The normalized spacial score (nSPS) is 16.0. The predicted octanol–water partition coefficient (Wildman–Crippen LogP) is 1.50. The zero-order chi connectivity index (χ0) is 15.2. The van der Waals surface area contributed by atoms with E-state index >= 15 is 0 Å². The van der Waals surface area contributed by atoms with Crippen LogP contribution >= 0.6 is 0 Å². The van der Waals surface area contributed by atoms with Gasteiger partial charge in [0.15, 0.2) is 0 Å². The summed E-state index contributed by atoms with van der Waals surface area (Å²) in [7, 11) is 0. The summed E-state index contributed by atoms with van der Waals surface area (Å²) in [5, 5.41) is 11.6. The maximum absolute atomic E-state index is 12.0. The smallest absolute Gasteiger partial charge is 0.323 e. The number of benzene rings is 1. The molecule has 2 N–H and O–H groups in total. The van der Waals surface area contributed by atoms with Gasteiger partial charge in [-0.25, -0.2) is 4.79 Å². The number of carboxylic acids is 1. The number of carbonyl (C=O) groups excluding carboxylic acids is 1. The van der Waals surface area contributed by atoms with E-state index in [1.54, 1.807) is 0 Å². The Morgan fingerprint density at radius 3 is 2.86 bits per heavy atom. The fourth-order valence-corrected chi connectivity index (χ4v) is 2.37. The molecule has 0 fully saturated rings.